The van der Waals surface area contributed by atoms with E-state index in [1.165, 1.54) is 30.7 Å². The van der Waals surface area contributed by atoms with E-state index < -0.39 is 15.9 Å². The summed E-state index contributed by atoms with van der Waals surface area (Å²) in [6, 6.07) is 22.6. The fourth-order valence-corrected chi connectivity index (χ4v) is 5.68. The highest BCUT2D eigenvalue weighted by molar-refractivity contribution is 7.92. The summed E-state index contributed by atoms with van der Waals surface area (Å²) < 4.78 is 33.2. The van der Waals surface area contributed by atoms with Crippen LogP contribution in [-0.2, 0) is 14.8 Å². The van der Waals surface area contributed by atoms with Crippen molar-refractivity contribution in [2.75, 3.05) is 35.9 Å². The highest BCUT2D eigenvalue weighted by Crippen LogP contribution is 2.26. The van der Waals surface area contributed by atoms with Crippen LogP contribution in [0.2, 0.25) is 0 Å². The molecule has 184 valence electrons. The van der Waals surface area contributed by atoms with E-state index in [0.29, 0.717) is 11.4 Å². The van der Waals surface area contributed by atoms with Crippen molar-refractivity contribution in [1.82, 2.24) is 5.32 Å². The third kappa shape index (κ3) is 5.77. The lowest BCUT2D eigenvalue weighted by Crippen LogP contribution is -2.41. The minimum Gasteiger partial charge on any atom is -0.497 e. The van der Waals surface area contributed by atoms with Crippen LogP contribution in [0.1, 0.15) is 31.4 Å². The minimum atomic E-state index is -3.96. The van der Waals surface area contributed by atoms with Crippen LogP contribution in [0.25, 0.3) is 0 Å². The molecule has 8 heteroatoms. The van der Waals surface area contributed by atoms with Crippen molar-refractivity contribution in [1.29, 1.82) is 0 Å². The zero-order valence-corrected chi connectivity index (χ0v) is 20.9. The summed E-state index contributed by atoms with van der Waals surface area (Å²) in [6.07, 6.45) is 2.43. The van der Waals surface area contributed by atoms with Gasteiger partial charge in [-0.15, -0.1) is 0 Å². The number of hydrogen-bond donors (Lipinski definition) is 1. The third-order valence-electron chi connectivity index (χ3n) is 6.22. The summed E-state index contributed by atoms with van der Waals surface area (Å²) in [7, 11) is -2.42. The first-order chi connectivity index (χ1) is 16.9. The van der Waals surface area contributed by atoms with Crippen LogP contribution in [0.5, 0.6) is 5.75 Å². The summed E-state index contributed by atoms with van der Waals surface area (Å²) in [4.78, 5) is 15.5. The zero-order valence-electron chi connectivity index (χ0n) is 20.1. The Bertz CT molecular complexity index is 1220. The molecule has 1 atom stereocenters. The maximum atomic E-state index is 13.5. The van der Waals surface area contributed by atoms with Crippen molar-refractivity contribution in [3.8, 4) is 5.75 Å². The molecule has 1 N–H and O–H groups in total. The molecular formula is C27H31N3O4S. The van der Waals surface area contributed by atoms with E-state index in [0.717, 1.165) is 23.0 Å². The Labute approximate surface area is 207 Å². The number of carbonyl (C=O) groups excluding carboxylic acids is 1. The predicted octanol–water partition coefficient (Wildman–Crippen LogP) is 4.37. The maximum Gasteiger partial charge on any atom is 0.264 e. The zero-order chi connectivity index (χ0) is 24.8. The Kier molecular flexibility index (Phi) is 7.60. The second-order valence-electron chi connectivity index (χ2n) is 8.60. The van der Waals surface area contributed by atoms with Crippen LogP contribution < -0.4 is 19.3 Å². The van der Waals surface area contributed by atoms with Crippen molar-refractivity contribution < 1.29 is 17.9 Å². The first-order valence-corrected chi connectivity index (χ1v) is 13.2. The van der Waals surface area contributed by atoms with Crippen LogP contribution in [0.4, 0.5) is 11.4 Å². The van der Waals surface area contributed by atoms with E-state index in [-0.39, 0.29) is 17.5 Å². The van der Waals surface area contributed by atoms with E-state index in [1.807, 2.05) is 19.1 Å². The molecule has 0 spiro atoms. The molecule has 3 aromatic carbocycles. The number of ether oxygens (including phenoxy) is 1. The van der Waals surface area contributed by atoms with Gasteiger partial charge in [0, 0.05) is 18.8 Å². The molecule has 1 fully saturated rings. The van der Waals surface area contributed by atoms with E-state index in [2.05, 4.69) is 22.3 Å². The summed E-state index contributed by atoms with van der Waals surface area (Å²) in [5.41, 5.74) is 2.53. The molecule has 0 saturated carbocycles. The molecule has 35 heavy (non-hydrogen) atoms. The topological polar surface area (TPSA) is 79.0 Å². The van der Waals surface area contributed by atoms with Gasteiger partial charge >= 0.3 is 0 Å². The number of methoxy groups -OCH3 is 1. The normalized spacial score (nSPS) is 14.4. The van der Waals surface area contributed by atoms with Crippen LogP contribution >= 0.6 is 0 Å². The van der Waals surface area contributed by atoms with Crippen molar-refractivity contribution in [3.05, 3.63) is 84.4 Å². The van der Waals surface area contributed by atoms with Crippen LogP contribution in [0, 0.1) is 0 Å². The summed E-state index contributed by atoms with van der Waals surface area (Å²) in [5.74, 6) is 0.206. The van der Waals surface area contributed by atoms with Crippen LogP contribution in [0.15, 0.2) is 83.8 Å². The fraction of sp³-hybridized carbons (Fsp3) is 0.296. The van der Waals surface area contributed by atoms with Gasteiger partial charge in [-0.2, -0.15) is 0 Å². The molecule has 4 rings (SSSR count). The Morgan fingerprint density at radius 3 is 2.20 bits per heavy atom. The van der Waals surface area contributed by atoms with E-state index in [1.54, 1.807) is 49.6 Å². The summed E-state index contributed by atoms with van der Waals surface area (Å²) >= 11 is 0. The predicted molar refractivity (Wildman–Crippen MR) is 138 cm³/mol. The fourth-order valence-electron chi connectivity index (χ4n) is 4.23. The van der Waals surface area contributed by atoms with Crippen LogP contribution in [0.3, 0.4) is 0 Å². The van der Waals surface area contributed by atoms with Gasteiger partial charge in [0.05, 0.1) is 23.7 Å². The molecule has 0 aromatic heterocycles. The lowest BCUT2D eigenvalue weighted by atomic mass is 10.1. The molecular weight excluding hydrogens is 462 g/mol. The molecule has 0 bridgehead atoms. The molecule has 1 aliphatic heterocycles. The van der Waals surface area contributed by atoms with Gasteiger partial charge in [-0.1, -0.05) is 30.3 Å². The molecule has 1 unspecified atom stereocenters. The number of nitrogens with zero attached hydrogens (tertiary/aromatic N) is 2. The van der Waals surface area contributed by atoms with Gasteiger partial charge in [0.15, 0.2) is 0 Å². The first-order valence-electron chi connectivity index (χ1n) is 11.7. The van der Waals surface area contributed by atoms with E-state index in [9.17, 15) is 13.2 Å². The highest BCUT2D eigenvalue weighted by Gasteiger charge is 2.27. The quantitative estimate of drug-likeness (QED) is 0.479. The smallest absolute Gasteiger partial charge is 0.264 e. The van der Waals surface area contributed by atoms with Gasteiger partial charge in [0.1, 0.15) is 12.3 Å². The van der Waals surface area contributed by atoms with Gasteiger partial charge in [0.25, 0.3) is 10.0 Å². The van der Waals surface area contributed by atoms with Gasteiger partial charge in [0.2, 0.25) is 5.91 Å². The van der Waals surface area contributed by atoms with Gasteiger partial charge < -0.3 is 15.0 Å². The minimum absolute atomic E-state index is 0.120. The van der Waals surface area contributed by atoms with E-state index >= 15 is 0 Å². The molecule has 0 aliphatic carbocycles. The highest BCUT2D eigenvalue weighted by atomic mass is 32.2. The molecule has 1 aliphatic rings. The third-order valence-corrected chi connectivity index (χ3v) is 8.01. The number of hydrogen-bond acceptors (Lipinski definition) is 5. The molecule has 3 aromatic rings. The summed E-state index contributed by atoms with van der Waals surface area (Å²) in [5, 5.41) is 2.95. The first kappa shape index (κ1) is 24.6. The molecule has 7 nitrogen and oxygen atoms in total. The Morgan fingerprint density at radius 2 is 1.60 bits per heavy atom. The Balaban J connectivity index is 1.51. The average Bonchev–Trinajstić information content (AvgIpc) is 3.43. The van der Waals surface area contributed by atoms with E-state index in [4.69, 9.17) is 4.74 Å². The molecule has 1 heterocycles. The van der Waals surface area contributed by atoms with Gasteiger partial charge in [-0.05, 0) is 73.9 Å². The number of benzene rings is 3. The largest absolute Gasteiger partial charge is 0.497 e. The average molecular weight is 494 g/mol. The molecule has 1 amide bonds. The Hall–Kier alpha value is -3.52. The number of carbonyl (C=O) groups is 1. The molecule has 1 saturated heterocycles. The standard InChI is InChI=1S/C27H31N3O4S/c1-21(22-10-12-23(13-11-22)29-18-6-7-19-29)28-27(31)20-30(24-14-16-25(34-2)17-15-24)35(32,33)26-8-4-3-5-9-26/h3-5,8-17,21H,6-7,18-20H2,1-2H3,(H,28,31). The number of nitrogens with one attached hydrogen (secondary N) is 1. The lowest BCUT2D eigenvalue weighted by molar-refractivity contribution is -0.120. The number of amides is 1. The van der Waals surface area contributed by atoms with Gasteiger partial charge in [-0.3, -0.25) is 9.10 Å². The number of rotatable bonds is 9. The molecule has 0 radical (unpaired) electrons. The van der Waals surface area contributed by atoms with Crippen molar-refractivity contribution in [2.45, 2.75) is 30.7 Å². The van der Waals surface area contributed by atoms with Crippen molar-refractivity contribution in [2.24, 2.45) is 0 Å². The SMILES string of the molecule is COc1ccc(N(CC(=O)NC(C)c2ccc(N3CCCC3)cc2)S(=O)(=O)c2ccccc2)cc1. The summed E-state index contributed by atoms with van der Waals surface area (Å²) in [6.45, 7) is 3.69. The van der Waals surface area contributed by atoms with Crippen molar-refractivity contribution in [3.63, 3.8) is 0 Å². The maximum absolute atomic E-state index is 13.5. The second-order valence-corrected chi connectivity index (χ2v) is 10.5. The second kappa shape index (κ2) is 10.8. The van der Waals surface area contributed by atoms with Gasteiger partial charge in [-0.25, -0.2) is 8.42 Å². The van der Waals surface area contributed by atoms with Crippen LogP contribution in [-0.4, -0.2) is 41.1 Å². The number of sulfonamides is 1. The lowest BCUT2D eigenvalue weighted by Gasteiger charge is -2.25. The van der Waals surface area contributed by atoms with Crippen molar-refractivity contribution >= 4 is 27.3 Å². The monoisotopic (exact) mass is 493 g/mol. The Morgan fingerprint density at radius 1 is 0.971 bits per heavy atom. The number of anilines is 2.